The van der Waals surface area contributed by atoms with Crippen molar-refractivity contribution in [2.45, 2.75) is 18.6 Å². The van der Waals surface area contributed by atoms with E-state index in [9.17, 15) is 22.8 Å². The van der Waals surface area contributed by atoms with Crippen molar-refractivity contribution < 1.29 is 27.5 Å². The Hall–Kier alpha value is -3.37. The van der Waals surface area contributed by atoms with Crippen LogP contribution in [0.2, 0.25) is 0 Å². The zero-order valence-corrected chi connectivity index (χ0v) is 15.2. The molecule has 11 heteroatoms. The third-order valence-corrected chi connectivity index (χ3v) is 4.90. The fourth-order valence-corrected chi connectivity index (χ4v) is 3.32. The van der Waals surface area contributed by atoms with Crippen LogP contribution in [0, 0.1) is 5.92 Å². The second kappa shape index (κ2) is 6.90. The SMILES string of the molecule is CN1C(=O)[C@@H](NC(=O)C2=NNC3=NC=C(C(F)(F)F)CC32)COc2ccccc21. The Morgan fingerprint density at radius 2 is 2.10 bits per heavy atom. The number of carbonyl (C=O) groups is 2. The monoisotopic (exact) mass is 407 g/mol. The predicted octanol–water partition coefficient (Wildman–Crippen LogP) is 1.35. The van der Waals surface area contributed by atoms with E-state index >= 15 is 0 Å². The molecule has 2 atom stereocenters. The van der Waals surface area contributed by atoms with Crippen molar-refractivity contribution in [1.82, 2.24) is 10.7 Å². The van der Waals surface area contributed by atoms with Crippen LogP contribution in [0.1, 0.15) is 6.42 Å². The highest BCUT2D eigenvalue weighted by Gasteiger charge is 2.43. The van der Waals surface area contributed by atoms with Crippen LogP contribution >= 0.6 is 0 Å². The number of para-hydroxylation sites is 2. The zero-order chi connectivity index (χ0) is 20.8. The van der Waals surface area contributed by atoms with E-state index in [0.717, 1.165) is 6.20 Å². The maximum absolute atomic E-state index is 13.0. The number of hydrogen-bond acceptors (Lipinski definition) is 6. The molecule has 2 N–H and O–H groups in total. The van der Waals surface area contributed by atoms with Crippen molar-refractivity contribution in [3.63, 3.8) is 0 Å². The molecule has 0 radical (unpaired) electrons. The van der Waals surface area contributed by atoms with Gasteiger partial charge in [0.1, 0.15) is 29.9 Å². The molecule has 0 aromatic heterocycles. The third kappa shape index (κ3) is 3.43. The van der Waals surface area contributed by atoms with Gasteiger partial charge in [0.2, 0.25) is 0 Å². The Morgan fingerprint density at radius 3 is 2.86 bits per heavy atom. The number of alkyl halides is 3. The van der Waals surface area contributed by atoms with Gasteiger partial charge < -0.3 is 15.0 Å². The van der Waals surface area contributed by atoms with Gasteiger partial charge in [-0.05, 0) is 18.6 Å². The molecule has 3 aliphatic rings. The lowest BCUT2D eigenvalue weighted by molar-refractivity contribution is -0.125. The number of anilines is 1. The Morgan fingerprint density at radius 1 is 1.34 bits per heavy atom. The molecule has 3 aliphatic heterocycles. The van der Waals surface area contributed by atoms with Crippen molar-refractivity contribution >= 4 is 29.0 Å². The molecule has 1 aromatic carbocycles. The maximum Gasteiger partial charge on any atom is 0.414 e. The number of nitrogens with zero attached hydrogens (tertiary/aromatic N) is 3. The van der Waals surface area contributed by atoms with Crippen LogP contribution in [0.4, 0.5) is 18.9 Å². The Balaban J connectivity index is 1.49. The first kappa shape index (κ1) is 19.0. The minimum Gasteiger partial charge on any atom is -0.489 e. The molecule has 152 valence electrons. The standard InChI is InChI=1S/C18H16F3N5O3/c1-26-12-4-2-3-5-13(12)29-8-11(17(26)28)23-16(27)14-10-6-9(18(19,20)21)7-22-15(10)25-24-14/h2-5,7,10-11H,6,8H2,1H3,(H,22,25)(H,23,27)/t10?,11-/m0/s1. The number of hydrogen-bond donors (Lipinski definition) is 2. The molecule has 1 unspecified atom stereocenters. The largest absolute Gasteiger partial charge is 0.489 e. The Labute approximate surface area is 163 Å². The van der Waals surface area contributed by atoms with E-state index in [2.05, 4.69) is 20.8 Å². The van der Waals surface area contributed by atoms with Gasteiger partial charge >= 0.3 is 6.18 Å². The number of benzene rings is 1. The number of fused-ring (bicyclic) bond motifs is 2. The Kier molecular flexibility index (Phi) is 4.52. The lowest BCUT2D eigenvalue weighted by Gasteiger charge is -2.22. The highest BCUT2D eigenvalue weighted by molar-refractivity contribution is 6.45. The fraction of sp³-hybridized carbons (Fsp3) is 0.333. The number of allylic oxidation sites excluding steroid dienone is 1. The molecule has 0 aliphatic carbocycles. The van der Waals surface area contributed by atoms with E-state index < -0.39 is 41.9 Å². The summed E-state index contributed by atoms with van der Waals surface area (Å²) in [5.74, 6) is -1.47. The number of amidine groups is 1. The lowest BCUT2D eigenvalue weighted by Crippen LogP contribution is -2.52. The molecule has 0 spiro atoms. The first-order valence-corrected chi connectivity index (χ1v) is 8.73. The molecule has 29 heavy (non-hydrogen) atoms. The number of ether oxygens (including phenoxy) is 1. The quantitative estimate of drug-likeness (QED) is 0.774. The first-order chi connectivity index (χ1) is 13.8. The Bertz CT molecular complexity index is 970. The number of rotatable bonds is 2. The highest BCUT2D eigenvalue weighted by atomic mass is 19.4. The number of hydrazone groups is 1. The van der Waals surface area contributed by atoms with Crippen LogP contribution in [0.3, 0.4) is 0 Å². The van der Waals surface area contributed by atoms with Gasteiger partial charge in [-0.2, -0.15) is 18.3 Å². The molecule has 0 saturated carbocycles. The van der Waals surface area contributed by atoms with Crippen LogP contribution in [0.5, 0.6) is 5.75 Å². The number of halogens is 3. The van der Waals surface area contributed by atoms with Gasteiger partial charge in [0.15, 0.2) is 0 Å². The topological polar surface area (TPSA) is 95.4 Å². The van der Waals surface area contributed by atoms with Gasteiger partial charge in [0.25, 0.3) is 11.8 Å². The third-order valence-electron chi connectivity index (χ3n) is 4.90. The van der Waals surface area contributed by atoms with Crippen molar-refractivity contribution in [3.8, 4) is 5.75 Å². The van der Waals surface area contributed by atoms with Crippen LogP contribution in [-0.4, -0.2) is 49.2 Å². The number of carbonyl (C=O) groups excluding carboxylic acids is 2. The number of likely N-dealkylation sites (N-methyl/N-ethyl adjacent to an activating group) is 1. The summed E-state index contributed by atoms with van der Waals surface area (Å²) < 4.78 is 44.6. The lowest BCUT2D eigenvalue weighted by atomic mass is 9.92. The average Bonchev–Trinajstić information content (AvgIpc) is 3.08. The molecule has 3 heterocycles. The molecule has 0 fully saturated rings. The van der Waals surface area contributed by atoms with Gasteiger partial charge in [0, 0.05) is 13.2 Å². The second-order valence-electron chi connectivity index (χ2n) is 6.73. The van der Waals surface area contributed by atoms with Crippen molar-refractivity contribution in [1.29, 1.82) is 0 Å². The number of amides is 2. The summed E-state index contributed by atoms with van der Waals surface area (Å²) in [5, 5.41) is 6.35. The molecule has 4 rings (SSSR count). The van der Waals surface area contributed by atoms with E-state index in [4.69, 9.17) is 4.74 Å². The molecule has 1 aromatic rings. The summed E-state index contributed by atoms with van der Waals surface area (Å²) in [7, 11) is 1.55. The number of nitrogens with one attached hydrogen (secondary N) is 2. The summed E-state index contributed by atoms with van der Waals surface area (Å²) in [6.45, 7) is -0.119. The van der Waals surface area contributed by atoms with Crippen LogP contribution in [0.15, 0.2) is 46.1 Å². The molecular formula is C18H16F3N5O3. The fourth-order valence-electron chi connectivity index (χ4n) is 3.32. The van der Waals surface area contributed by atoms with Crippen molar-refractivity contribution in [2.75, 3.05) is 18.6 Å². The zero-order valence-electron chi connectivity index (χ0n) is 15.2. The van der Waals surface area contributed by atoms with Gasteiger partial charge in [0.05, 0.1) is 17.2 Å². The molecule has 0 saturated heterocycles. The van der Waals surface area contributed by atoms with Crippen molar-refractivity contribution in [3.05, 3.63) is 36.0 Å². The first-order valence-electron chi connectivity index (χ1n) is 8.73. The average molecular weight is 407 g/mol. The molecule has 0 bridgehead atoms. The summed E-state index contributed by atoms with van der Waals surface area (Å²) in [6, 6.07) is 5.89. The smallest absolute Gasteiger partial charge is 0.414 e. The predicted molar refractivity (Wildman–Crippen MR) is 97.5 cm³/mol. The van der Waals surface area contributed by atoms with Gasteiger partial charge in [-0.1, -0.05) is 12.1 Å². The van der Waals surface area contributed by atoms with E-state index in [-0.39, 0.29) is 18.2 Å². The molecule has 8 nitrogen and oxygen atoms in total. The molecular weight excluding hydrogens is 391 g/mol. The summed E-state index contributed by atoms with van der Waals surface area (Å²) >= 11 is 0. The van der Waals surface area contributed by atoms with E-state index in [1.165, 1.54) is 4.90 Å². The summed E-state index contributed by atoms with van der Waals surface area (Å²) in [4.78, 5) is 30.5. The summed E-state index contributed by atoms with van der Waals surface area (Å²) in [5.41, 5.74) is 2.03. The van der Waals surface area contributed by atoms with Crippen LogP contribution in [-0.2, 0) is 9.59 Å². The number of aliphatic imine (C=N–C) groups is 1. The van der Waals surface area contributed by atoms with Gasteiger partial charge in [-0.3, -0.25) is 15.0 Å². The van der Waals surface area contributed by atoms with E-state index in [1.807, 2.05) is 0 Å². The highest BCUT2D eigenvalue weighted by Crippen LogP contribution is 2.35. The second-order valence-corrected chi connectivity index (χ2v) is 6.73. The van der Waals surface area contributed by atoms with Gasteiger partial charge in [-0.25, -0.2) is 4.99 Å². The van der Waals surface area contributed by atoms with E-state index in [0.29, 0.717) is 11.4 Å². The van der Waals surface area contributed by atoms with Crippen LogP contribution in [0.25, 0.3) is 0 Å². The summed E-state index contributed by atoms with van der Waals surface area (Å²) in [6.07, 6.45) is -4.27. The van der Waals surface area contributed by atoms with Crippen LogP contribution < -0.4 is 20.4 Å². The van der Waals surface area contributed by atoms with E-state index in [1.54, 1.807) is 31.3 Å². The normalized spacial score (nSPS) is 23.5. The molecule has 2 amide bonds. The minimum atomic E-state index is -4.54. The van der Waals surface area contributed by atoms with Crippen molar-refractivity contribution in [2.24, 2.45) is 16.0 Å². The maximum atomic E-state index is 13.0. The van der Waals surface area contributed by atoms with Gasteiger partial charge in [-0.15, -0.1) is 0 Å². The minimum absolute atomic E-state index is 0.119.